The van der Waals surface area contributed by atoms with Gasteiger partial charge in [-0.1, -0.05) is 12.1 Å². The molecule has 0 aliphatic carbocycles. The van der Waals surface area contributed by atoms with Crippen molar-refractivity contribution in [3.8, 4) is 5.75 Å². The number of methoxy groups -OCH3 is 1. The zero-order valence-corrected chi connectivity index (χ0v) is 11.6. The van der Waals surface area contributed by atoms with Crippen molar-refractivity contribution in [3.05, 3.63) is 48.5 Å². The summed E-state index contributed by atoms with van der Waals surface area (Å²) in [5, 5.41) is 0. The number of rotatable bonds is 7. The smallest absolute Gasteiger partial charge is 0.119 e. The highest BCUT2D eigenvalue weighted by atomic mass is 16.5. The van der Waals surface area contributed by atoms with Crippen molar-refractivity contribution in [2.75, 3.05) is 20.7 Å². The minimum atomic E-state index is 0.921. The van der Waals surface area contributed by atoms with Crippen LogP contribution in [0.15, 0.2) is 43.0 Å². The number of ether oxygens (including phenoxy) is 1. The number of benzene rings is 1. The molecule has 0 saturated heterocycles. The third-order valence-electron chi connectivity index (χ3n) is 3.10. The third kappa shape index (κ3) is 4.41. The molecule has 0 atom stereocenters. The third-order valence-corrected chi connectivity index (χ3v) is 3.10. The number of hydrogen-bond acceptors (Lipinski definition) is 3. The number of imidazole rings is 1. The Hall–Kier alpha value is -1.81. The number of nitrogens with zero attached hydrogens (tertiary/aromatic N) is 3. The Morgan fingerprint density at radius 3 is 3.00 bits per heavy atom. The van der Waals surface area contributed by atoms with Gasteiger partial charge < -0.3 is 14.2 Å². The van der Waals surface area contributed by atoms with Crippen molar-refractivity contribution in [2.45, 2.75) is 19.5 Å². The summed E-state index contributed by atoms with van der Waals surface area (Å²) in [7, 11) is 3.85. The predicted molar refractivity (Wildman–Crippen MR) is 76.2 cm³/mol. The fourth-order valence-electron chi connectivity index (χ4n) is 2.10. The van der Waals surface area contributed by atoms with Crippen molar-refractivity contribution in [3.63, 3.8) is 0 Å². The van der Waals surface area contributed by atoms with Crippen LogP contribution in [0, 0.1) is 0 Å². The van der Waals surface area contributed by atoms with E-state index in [1.54, 1.807) is 7.11 Å². The van der Waals surface area contributed by atoms with Crippen LogP contribution in [0.4, 0.5) is 0 Å². The van der Waals surface area contributed by atoms with E-state index < -0.39 is 0 Å². The molecule has 0 unspecified atom stereocenters. The highest BCUT2D eigenvalue weighted by Crippen LogP contribution is 2.13. The largest absolute Gasteiger partial charge is 0.497 e. The Balaban J connectivity index is 1.75. The maximum Gasteiger partial charge on any atom is 0.119 e. The van der Waals surface area contributed by atoms with E-state index in [1.165, 1.54) is 5.56 Å². The topological polar surface area (TPSA) is 30.3 Å². The molecule has 2 rings (SSSR count). The molecule has 0 saturated carbocycles. The van der Waals surface area contributed by atoms with Crippen molar-refractivity contribution in [1.82, 2.24) is 14.5 Å². The van der Waals surface area contributed by atoms with Gasteiger partial charge in [0.05, 0.1) is 13.4 Å². The zero-order valence-electron chi connectivity index (χ0n) is 11.6. The van der Waals surface area contributed by atoms with Gasteiger partial charge in [0.25, 0.3) is 0 Å². The summed E-state index contributed by atoms with van der Waals surface area (Å²) in [6.07, 6.45) is 6.81. The van der Waals surface area contributed by atoms with E-state index in [2.05, 4.69) is 33.6 Å². The summed E-state index contributed by atoms with van der Waals surface area (Å²) in [4.78, 5) is 6.37. The van der Waals surface area contributed by atoms with Crippen LogP contribution in [0.2, 0.25) is 0 Å². The first-order chi connectivity index (χ1) is 9.28. The van der Waals surface area contributed by atoms with Crippen molar-refractivity contribution >= 4 is 0 Å². The van der Waals surface area contributed by atoms with Gasteiger partial charge in [-0.15, -0.1) is 0 Å². The zero-order chi connectivity index (χ0) is 13.5. The fourth-order valence-corrected chi connectivity index (χ4v) is 2.10. The average Bonchev–Trinajstić information content (AvgIpc) is 2.92. The quantitative estimate of drug-likeness (QED) is 0.765. The normalized spacial score (nSPS) is 10.9. The Kier molecular flexibility index (Phi) is 4.98. The Morgan fingerprint density at radius 1 is 1.37 bits per heavy atom. The second kappa shape index (κ2) is 6.95. The number of hydrogen-bond donors (Lipinski definition) is 0. The average molecular weight is 259 g/mol. The molecule has 0 spiro atoms. The molecule has 0 bridgehead atoms. The molecule has 0 N–H and O–H groups in total. The lowest BCUT2D eigenvalue weighted by molar-refractivity contribution is 0.313. The summed E-state index contributed by atoms with van der Waals surface area (Å²) in [5.74, 6) is 0.921. The van der Waals surface area contributed by atoms with Gasteiger partial charge in [-0.3, -0.25) is 0 Å². The van der Waals surface area contributed by atoms with Crippen LogP contribution in [0.5, 0.6) is 5.75 Å². The highest BCUT2D eigenvalue weighted by molar-refractivity contribution is 5.28. The van der Waals surface area contributed by atoms with Gasteiger partial charge in [0.15, 0.2) is 0 Å². The van der Waals surface area contributed by atoms with E-state index in [4.69, 9.17) is 4.74 Å². The van der Waals surface area contributed by atoms with Gasteiger partial charge >= 0.3 is 0 Å². The van der Waals surface area contributed by atoms with Gasteiger partial charge in [-0.05, 0) is 37.7 Å². The molecule has 4 nitrogen and oxygen atoms in total. The summed E-state index contributed by atoms with van der Waals surface area (Å²) in [5.41, 5.74) is 1.28. The summed E-state index contributed by atoms with van der Waals surface area (Å²) in [6.45, 7) is 3.03. The van der Waals surface area contributed by atoms with Gasteiger partial charge in [-0.2, -0.15) is 0 Å². The van der Waals surface area contributed by atoms with Crippen LogP contribution in [0.1, 0.15) is 12.0 Å². The lowest BCUT2D eigenvalue weighted by atomic mass is 10.2. The first-order valence-corrected chi connectivity index (χ1v) is 6.55. The predicted octanol–water partition coefficient (Wildman–Crippen LogP) is 2.41. The van der Waals surface area contributed by atoms with Crippen LogP contribution in [0.3, 0.4) is 0 Å². The lowest BCUT2D eigenvalue weighted by Crippen LogP contribution is -2.20. The molecule has 0 aliphatic rings. The SMILES string of the molecule is COc1cccc(CN(C)CCCn2ccnc2)c1. The van der Waals surface area contributed by atoms with Gasteiger partial charge in [0.1, 0.15) is 5.75 Å². The summed E-state index contributed by atoms with van der Waals surface area (Å²) < 4.78 is 7.35. The molecular formula is C15H21N3O. The van der Waals surface area contributed by atoms with Crippen LogP contribution in [0.25, 0.3) is 0 Å². The van der Waals surface area contributed by atoms with Crippen molar-refractivity contribution < 1.29 is 4.74 Å². The molecular weight excluding hydrogens is 238 g/mol. The molecule has 1 heterocycles. The van der Waals surface area contributed by atoms with E-state index >= 15 is 0 Å². The van der Waals surface area contributed by atoms with Crippen LogP contribution >= 0.6 is 0 Å². The highest BCUT2D eigenvalue weighted by Gasteiger charge is 2.01. The standard InChI is InChI=1S/C15H21N3O/c1-17(8-4-9-18-10-7-16-13-18)12-14-5-3-6-15(11-14)19-2/h3,5-7,10-11,13H,4,8-9,12H2,1-2H3. The number of aryl methyl sites for hydroxylation is 1. The van der Waals surface area contributed by atoms with E-state index in [9.17, 15) is 0 Å². The summed E-state index contributed by atoms with van der Waals surface area (Å²) in [6, 6.07) is 8.23. The molecule has 19 heavy (non-hydrogen) atoms. The molecule has 1 aromatic heterocycles. The van der Waals surface area contributed by atoms with E-state index in [1.807, 2.05) is 30.9 Å². The fraction of sp³-hybridized carbons (Fsp3) is 0.400. The molecule has 1 aromatic carbocycles. The van der Waals surface area contributed by atoms with Crippen LogP contribution in [-0.4, -0.2) is 35.2 Å². The van der Waals surface area contributed by atoms with Crippen molar-refractivity contribution in [1.29, 1.82) is 0 Å². The Labute approximate surface area is 114 Å². The Morgan fingerprint density at radius 2 is 2.26 bits per heavy atom. The second-order valence-corrected chi connectivity index (χ2v) is 4.74. The Bertz CT molecular complexity index is 482. The molecule has 0 radical (unpaired) electrons. The lowest BCUT2D eigenvalue weighted by Gasteiger charge is -2.17. The van der Waals surface area contributed by atoms with Crippen molar-refractivity contribution in [2.24, 2.45) is 0 Å². The second-order valence-electron chi connectivity index (χ2n) is 4.74. The molecule has 4 heteroatoms. The monoisotopic (exact) mass is 259 g/mol. The maximum absolute atomic E-state index is 5.24. The first kappa shape index (κ1) is 13.6. The summed E-state index contributed by atoms with van der Waals surface area (Å²) >= 11 is 0. The molecule has 102 valence electrons. The number of aromatic nitrogens is 2. The molecule has 0 aliphatic heterocycles. The van der Waals surface area contributed by atoms with Gasteiger partial charge in [-0.25, -0.2) is 4.98 Å². The first-order valence-electron chi connectivity index (χ1n) is 6.55. The van der Waals surface area contributed by atoms with Crippen LogP contribution < -0.4 is 4.74 Å². The minimum Gasteiger partial charge on any atom is -0.497 e. The van der Waals surface area contributed by atoms with Gasteiger partial charge in [0.2, 0.25) is 0 Å². The minimum absolute atomic E-state index is 0.921. The van der Waals surface area contributed by atoms with E-state index in [0.29, 0.717) is 0 Å². The molecule has 0 fully saturated rings. The van der Waals surface area contributed by atoms with Crippen LogP contribution in [-0.2, 0) is 13.1 Å². The maximum atomic E-state index is 5.24. The molecule has 0 amide bonds. The van der Waals surface area contributed by atoms with E-state index in [0.717, 1.165) is 31.8 Å². The van der Waals surface area contributed by atoms with Gasteiger partial charge in [0, 0.05) is 25.5 Å². The van der Waals surface area contributed by atoms with E-state index in [-0.39, 0.29) is 0 Å². The molecule has 2 aromatic rings.